The third kappa shape index (κ3) is 5.45. The number of hydrogen-bond donors (Lipinski definition) is 0. The van der Waals surface area contributed by atoms with Crippen molar-refractivity contribution >= 4 is 11.9 Å². The third-order valence-electron chi connectivity index (χ3n) is 4.98. The van der Waals surface area contributed by atoms with Crippen molar-refractivity contribution < 1.29 is 23.5 Å². The minimum Gasteiger partial charge on any atom is -0.444 e. The lowest BCUT2D eigenvalue weighted by Gasteiger charge is -2.27. The van der Waals surface area contributed by atoms with Gasteiger partial charge in [-0.25, -0.2) is 9.18 Å². The number of carbonyl (C=O) groups is 2. The van der Waals surface area contributed by atoms with E-state index in [1.165, 1.54) is 11.0 Å². The van der Waals surface area contributed by atoms with Crippen molar-refractivity contribution in [2.45, 2.75) is 58.5 Å². The molecule has 0 aromatic heterocycles. The molecule has 160 valence electrons. The van der Waals surface area contributed by atoms with Crippen LogP contribution in [0.4, 0.5) is 9.18 Å². The van der Waals surface area contributed by atoms with Crippen molar-refractivity contribution in [1.82, 2.24) is 4.90 Å². The molecule has 1 saturated heterocycles. The van der Waals surface area contributed by atoms with Gasteiger partial charge in [-0.15, -0.1) is 0 Å². The Balaban J connectivity index is 1.78. The number of rotatable bonds is 5. The summed E-state index contributed by atoms with van der Waals surface area (Å²) in [6.07, 6.45) is -0.554. The van der Waals surface area contributed by atoms with Crippen LogP contribution in [-0.4, -0.2) is 41.1 Å². The van der Waals surface area contributed by atoms with Crippen molar-refractivity contribution in [1.29, 1.82) is 0 Å². The maximum Gasteiger partial charge on any atom is 0.411 e. The Bertz CT molecular complexity index is 907. The number of carbonyl (C=O) groups excluding carboxylic acids is 2. The summed E-state index contributed by atoms with van der Waals surface area (Å²) in [5, 5.41) is 0. The second kappa shape index (κ2) is 8.96. The van der Waals surface area contributed by atoms with E-state index < -0.39 is 23.6 Å². The molecule has 3 rings (SSSR count). The largest absolute Gasteiger partial charge is 0.444 e. The molecule has 30 heavy (non-hydrogen) atoms. The zero-order valence-corrected chi connectivity index (χ0v) is 17.9. The van der Waals surface area contributed by atoms with E-state index in [1.807, 2.05) is 30.3 Å². The molecular formula is C24H28FNO4. The predicted octanol–water partition coefficient (Wildman–Crippen LogP) is 4.91. The lowest BCUT2D eigenvalue weighted by molar-refractivity contribution is 0.0149. The minimum atomic E-state index is -0.761. The van der Waals surface area contributed by atoms with Gasteiger partial charge in [-0.3, -0.25) is 9.69 Å². The number of ketones is 1. The van der Waals surface area contributed by atoms with E-state index in [-0.39, 0.29) is 24.0 Å². The second-order valence-corrected chi connectivity index (χ2v) is 8.63. The molecule has 1 heterocycles. The van der Waals surface area contributed by atoms with Crippen LogP contribution in [0.5, 0.6) is 0 Å². The standard InChI is InChI=1S/C24H28FNO4/c1-16-10-11-18(12-20(16)25)22(27)21-13-19(29-15-17-8-6-5-7-9-17)14-26(21)23(28)30-24(2,3)4/h5-12,19,21H,13-15H2,1-4H3/t19-,21+/m1/s1. The minimum absolute atomic E-state index is 0.236. The fourth-order valence-corrected chi connectivity index (χ4v) is 3.42. The molecule has 0 aliphatic carbocycles. The van der Waals surface area contributed by atoms with E-state index >= 15 is 0 Å². The van der Waals surface area contributed by atoms with E-state index in [2.05, 4.69) is 0 Å². The van der Waals surface area contributed by atoms with E-state index in [1.54, 1.807) is 39.8 Å². The first-order valence-corrected chi connectivity index (χ1v) is 10.1. The van der Waals surface area contributed by atoms with Gasteiger partial charge >= 0.3 is 6.09 Å². The summed E-state index contributed by atoms with van der Waals surface area (Å²) < 4.78 is 25.5. The molecule has 1 fully saturated rings. The molecule has 2 aromatic carbocycles. The van der Waals surface area contributed by atoms with Crippen LogP contribution in [0.3, 0.4) is 0 Å². The van der Waals surface area contributed by atoms with Crippen LogP contribution in [0.15, 0.2) is 48.5 Å². The van der Waals surface area contributed by atoms with Gasteiger partial charge in [-0.1, -0.05) is 42.5 Å². The molecule has 6 heteroatoms. The highest BCUT2D eigenvalue weighted by molar-refractivity contribution is 6.01. The molecule has 0 bridgehead atoms. The zero-order chi connectivity index (χ0) is 21.9. The molecule has 2 aromatic rings. The Morgan fingerprint density at radius 1 is 1.13 bits per heavy atom. The molecule has 0 unspecified atom stereocenters. The summed E-state index contributed by atoms with van der Waals surface area (Å²) in [6.45, 7) is 7.59. The summed E-state index contributed by atoms with van der Waals surface area (Å²) in [4.78, 5) is 27.3. The van der Waals surface area contributed by atoms with Crippen molar-refractivity contribution in [3.05, 3.63) is 71.0 Å². The average Bonchev–Trinajstić information content (AvgIpc) is 3.12. The highest BCUT2D eigenvalue weighted by atomic mass is 19.1. The summed E-state index contributed by atoms with van der Waals surface area (Å²) in [6, 6.07) is 13.3. The van der Waals surface area contributed by atoms with Gasteiger partial charge in [-0.05, 0) is 44.9 Å². The number of nitrogens with zero attached hydrogens (tertiary/aromatic N) is 1. The molecule has 0 saturated carbocycles. The molecule has 1 aliphatic rings. The lowest BCUT2D eigenvalue weighted by Crippen LogP contribution is -2.43. The molecule has 1 amide bonds. The topological polar surface area (TPSA) is 55.8 Å². The van der Waals surface area contributed by atoms with Crippen LogP contribution in [-0.2, 0) is 16.1 Å². The fraction of sp³-hybridized carbons (Fsp3) is 0.417. The van der Waals surface area contributed by atoms with Crippen molar-refractivity contribution in [2.75, 3.05) is 6.54 Å². The molecule has 2 atom stereocenters. The number of hydrogen-bond acceptors (Lipinski definition) is 4. The number of Topliss-reactive ketones (excluding diaryl/α,β-unsaturated/α-hetero) is 1. The van der Waals surface area contributed by atoms with Gasteiger partial charge < -0.3 is 9.47 Å². The number of likely N-dealkylation sites (tertiary alicyclic amines) is 1. The van der Waals surface area contributed by atoms with Gasteiger partial charge in [0.25, 0.3) is 0 Å². The zero-order valence-electron chi connectivity index (χ0n) is 17.9. The van der Waals surface area contributed by atoms with E-state index in [4.69, 9.17) is 9.47 Å². The monoisotopic (exact) mass is 413 g/mol. The van der Waals surface area contributed by atoms with Gasteiger partial charge in [0.15, 0.2) is 5.78 Å². The molecule has 0 radical (unpaired) electrons. The molecule has 0 spiro atoms. The van der Waals surface area contributed by atoms with Crippen LogP contribution in [0, 0.1) is 12.7 Å². The molecule has 1 aliphatic heterocycles. The SMILES string of the molecule is Cc1ccc(C(=O)[C@@H]2C[C@@H](OCc3ccccc3)CN2C(=O)OC(C)(C)C)cc1F. The first-order chi connectivity index (χ1) is 14.1. The Morgan fingerprint density at radius 3 is 2.47 bits per heavy atom. The quantitative estimate of drug-likeness (QED) is 0.654. The number of benzene rings is 2. The highest BCUT2D eigenvalue weighted by Gasteiger charge is 2.42. The maximum atomic E-state index is 14.0. The van der Waals surface area contributed by atoms with Gasteiger partial charge in [0.2, 0.25) is 0 Å². The van der Waals surface area contributed by atoms with Gasteiger partial charge in [-0.2, -0.15) is 0 Å². The Morgan fingerprint density at radius 2 is 1.83 bits per heavy atom. The molecule has 0 N–H and O–H groups in total. The van der Waals surface area contributed by atoms with Crippen molar-refractivity contribution in [2.24, 2.45) is 0 Å². The van der Waals surface area contributed by atoms with Gasteiger partial charge in [0, 0.05) is 12.0 Å². The first kappa shape index (κ1) is 22.0. The Labute approximate surface area is 176 Å². The van der Waals surface area contributed by atoms with Crippen molar-refractivity contribution in [3.8, 4) is 0 Å². The van der Waals surface area contributed by atoms with Crippen LogP contribution in [0.1, 0.15) is 48.7 Å². The third-order valence-corrected chi connectivity index (χ3v) is 4.98. The fourth-order valence-electron chi connectivity index (χ4n) is 3.42. The Hall–Kier alpha value is -2.73. The number of amides is 1. The smallest absolute Gasteiger partial charge is 0.411 e. The van der Waals surface area contributed by atoms with Gasteiger partial charge in [0.05, 0.1) is 19.3 Å². The van der Waals surface area contributed by atoms with Gasteiger partial charge in [0.1, 0.15) is 17.5 Å². The van der Waals surface area contributed by atoms with E-state index in [9.17, 15) is 14.0 Å². The predicted molar refractivity (Wildman–Crippen MR) is 112 cm³/mol. The average molecular weight is 413 g/mol. The summed E-state index contributed by atoms with van der Waals surface area (Å²) >= 11 is 0. The van der Waals surface area contributed by atoms with E-state index in [0.717, 1.165) is 5.56 Å². The lowest BCUT2D eigenvalue weighted by atomic mass is 10.0. The Kier molecular flexibility index (Phi) is 6.56. The normalized spacial score (nSPS) is 19.0. The van der Waals surface area contributed by atoms with Crippen molar-refractivity contribution in [3.63, 3.8) is 0 Å². The summed E-state index contributed by atoms with van der Waals surface area (Å²) in [5.41, 5.74) is 1.02. The first-order valence-electron chi connectivity index (χ1n) is 10.1. The maximum absolute atomic E-state index is 14.0. The number of aryl methyl sites for hydroxylation is 1. The van der Waals surface area contributed by atoms with Crippen LogP contribution in [0.2, 0.25) is 0 Å². The number of halogens is 1. The molecular weight excluding hydrogens is 385 g/mol. The molecule has 5 nitrogen and oxygen atoms in total. The van der Waals surface area contributed by atoms with E-state index in [0.29, 0.717) is 18.6 Å². The number of ether oxygens (including phenoxy) is 2. The van der Waals surface area contributed by atoms with Crippen LogP contribution < -0.4 is 0 Å². The van der Waals surface area contributed by atoms with Crippen LogP contribution in [0.25, 0.3) is 0 Å². The summed E-state index contributed by atoms with van der Waals surface area (Å²) in [7, 11) is 0. The second-order valence-electron chi connectivity index (χ2n) is 8.63. The highest BCUT2D eigenvalue weighted by Crippen LogP contribution is 2.27. The summed E-state index contributed by atoms with van der Waals surface area (Å²) in [5.74, 6) is -0.759. The van der Waals surface area contributed by atoms with Crippen LogP contribution >= 0.6 is 0 Å².